The van der Waals surface area contributed by atoms with E-state index in [1.54, 1.807) is 22.8 Å². The number of halogens is 2. The molecule has 0 aliphatic carbocycles. The molecule has 0 aliphatic heterocycles. The summed E-state index contributed by atoms with van der Waals surface area (Å²) in [5.74, 6) is 0.778. The van der Waals surface area contributed by atoms with Crippen LogP contribution in [0.1, 0.15) is 39.1 Å². The van der Waals surface area contributed by atoms with Crippen molar-refractivity contribution in [2.24, 2.45) is 5.92 Å². The third-order valence-electron chi connectivity index (χ3n) is 8.47. The van der Waals surface area contributed by atoms with E-state index in [2.05, 4.69) is 57.3 Å². The van der Waals surface area contributed by atoms with E-state index < -0.39 is 14.5 Å². The Morgan fingerprint density at radius 1 is 0.891 bits per heavy atom. The molecule has 46 heavy (non-hydrogen) atoms. The summed E-state index contributed by atoms with van der Waals surface area (Å²) in [4.78, 5) is 18.5. The minimum atomic E-state index is -2.81. The fraction of sp³-hybridized carbons (Fsp3) is 0.316. The molecule has 240 valence electrons. The molecule has 5 aromatic rings. The number of aromatic nitrogens is 2. The molecule has 2 unspecified atom stereocenters. The molecule has 5 rings (SSSR count). The van der Waals surface area contributed by atoms with Gasteiger partial charge in [-0.05, 0) is 51.6 Å². The molecule has 0 aliphatic rings. The Hall–Kier alpha value is -3.62. The lowest BCUT2D eigenvalue weighted by Crippen LogP contribution is -2.67. The highest BCUT2D eigenvalue weighted by molar-refractivity contribution is 6.99. The highest BCUT2D eigenvalue weighted by Crippen LogP contribution is 2.36. The van der Waals surface area contributed by atoms with Crippen molar-refractivity contribution in [1.29, 1.82) is 0 Å². The summed E-state index contributed by atoms with van der Waals surface area (Å²) in [5, 5.41) is 6.44. The first-order chi connectivity index (χ1) is 22.1. The maximum Gasteiger partial charge on any atom is 0.261 e. The molecular formula is C38H43ClFN3O2Si. The molecule has 0 fully saturated rings. The van der Waals surface area contributed by atoms with Gasteiger partial charge in [-0.1, -0.05) is 130 Å². The lowest BCUT2D eigenvalue weighted by Gasteiger charge is -2.43. The molecule has 8 heteroatoms. The van der Waals surface area contributed by atoms with Gasteiger partial charge in [-0.3, -0.25) is 9.36 Å². The topological polar surface area (TPSA) is 56.1 Å². The molecule has 0 amide bonds. The standard InChI is InChI=1S/C38H43ClFN3O2Si/c1-28(22-36-42-35-23-30(39)20-21-34(35)37(44)43(36)26-29-14-8-5-9-15-29)24-41-25-31(40)27-45-46(38(2,3)4,32-16-10-6-11-17-32)33-18-12-7-13-19-33/h5-21,23,28,31,41H,22,24-27H2,1-4H3. The number of rotatable bonds is 13. The van der Waals surface area contributed by atoms with Crippen LogP contribution in [0.5, 0.6) is 0 Å². The van der Waals surface area contributed by atoms with Gasteiger partial charge < -0.3 is 9.74 Å². The largest absolute Gasteiger partial charge is 0.404 e. The molecule has 4 aromatic carbocycles. The molecule has 0 bridgehead atoms. The SMILES string of the molecule is CC(CNCC(F)CO[Si](c1ccccc1)(c1ccccc1)C(C)(C)C)Cc1nc2cc(Cl)ccc2c(=O)n1Cc1ccccc1. The molecule has 0 radical (unpaired) electrons. The van der Waals surface area contributed by atoms with Gasteiger partial charge in [0.2, 0.25) is 0 Å². The maximum absolute atomic E-state index is 15.6. The quantitative estimate of drug-likeness (QED) is 0.142. The normalized spacial score (nSPS) is 13.5. The van der Waals surface area contributed by atoms with Crippen LogP contribution in [-0.4, -0.2) is 43.7 Å². The lowest BCUT2D eigenvalue weighted by atomic mass is 10.1. The highest BCUT2D eigenvalue weighted by Gasteiger charge is 2.50. The number of nitrogens with one attached hydrogen (secondary N) is 1. The van der Waals surface area contributed by atoms with Crippen LogP contribution >= 0.6 is 11.6 Å². The highest BCUT2D eigenvalue weighted by atomic mass is 35.5. The zero-order valence-electron chi connectivity index (χ0n) is 27.0. The van der Waals surface area contributed by atoms with Gasteiger partial charge in [0.05, 0.1) is 24.1 Å². The van der Waals surface area contributed by atoms with Crippen molar-refractivity contribution in [3.8, 4) is 0 Å². The van der Waals surface area contributed by atoms with Crippen molar-refractivity contribution in [2.75, 3.05) is 19.7 Å². The second kappa shape index (κ2) is 14.9. The Labute approximate surface area is 277 Å². The maximum atomic E-state index is 15.6. The van der Waals surface area contributed by atoms with Crippen LogP contribution in [0.15, 0.2) is 114 Å². The second-order valence-electron chi connectivity index (χ2n) is 13.1. The van der Waals surface area contributed by atoms with Gasteiger partial charge in [0.15, 0.2) is 0 Å². The van der Waals surface area contributed by atoms with Crippen LogP contribution in [0.4, 0.5) is 4.39 Å². The number of nitrogens with zero attached hydrogens (tertiary/aromatic N) is 2. The summed E-state index contributed by atoms with van der Waals surface area (Å²) in [5.41, 5.74) is 1.51. The van der Waals surface area contributed by atoms with Crippen molar-refractivity contribution in [3.63, 3.8) is 0 Å². The van der Waals surface area contributed by atoms with Crippen LogP contribution in [-0.2, 0) is 17.4 Å². The summed E-state index contributed by atoms with van der Waals surface area (Å²) in [7, 11) is -2.81. The average molecular weight is 656 g/mol. The van der Waals surface area contributed by atoms with Crippen molar-refractivity contribution >= 4 is 41.2 Å². The zero-order chi connectivity index (χ0) is 32.7. The van der Waals surface area contributed by atoms with E-state index in [0.717, 1.165) is 15.9 Å². The van der Waals surface area contributed by atoms with Gasteiger partial charge >= 0.3 is 0 Å². The Morgan fingerprint density at radius 3 is 2.07 bits per heavy atom. The van der Waals surface area contributed by atoms with Crippen LogP contribution < -0.4 is 21.2 Å². The molecule has 1 heterocycles. The average Bonchev–Trinajstić information content (AvgIpc) is 3.04. The number of benzene rings is 4. The van der Waals surface area contributed by atoms with Crippen molar-refractivity contribution < 1.29 is 8.82 Å². The molecule has 5 nitrogen and oxygen atoms in total. The predicted molar refractivity (Wildman–Crippen MR) is 191 cm³/mol. The number of alkyl halides is 1. The molecule has 0 saturated carbocycles. The van der Waals surface area contributed by atoms with Gasteiger partial charge in [-0.2, -0.15) is 0 Å². The first-order valence-corrected chi connectivity index (χ1v) is 18.2. The smallest absolute Gasteiger partial charge is 0.261 e. The Balaban J connectivity index is 1.27. The summed E-state index contributed by atoms with van der Waals surface area (Å²) >= 11 is 6.24. The Morgan fingerprint density at radius 2 is 1.48 bits per heavy atom. The predicted octanol–water partition coefficient (Wildman–Crippen LogP) is 6.78. The molecule has 0 spiro atoms. The first kappa shape index (κ1) is 33.7. The van der Waals surface area contributed by atoms with Crippen LogP contribution in [0.25, 0.3) is 10.9 Å². The molecule has 2 atom stereocenters. The van der Waals surface area contributed by atoms with Gasteiger partial charge in [0.1, 0.15) is 12.0 Å². The van der Waals surface area contributed by atoms with E-state index in [-0.39, 0.29) is 29.7 Å². The summed E-state index contributed by atoms with van der Waals surface area (Å²) in [6.45, 7) is 9.82. The minimum absolute atomic E-state index is 0.00172. The lowest BCUT2D eigenvalue weighted by molar-refractivity contribution is 0.182. The van der Waals surface area contributed by atoms with Crippen molar-refractivity contribution in [3.05, 3.63) is 136 Å². The van der Waals surface area contributed by atoms with E-state index in [9.17, 15) is 4.79 Å². The summed E-state index contributed by atoms with van der Waals surface area (Å²) < 4.78 is 24.1. The van der Waals surface area contributed by atoms with Crippen molar-refractivity contribution in [1.82, 2.24) is 14.9 Å². The molecule has 1 N–H and O–H groups in total. The number of fused-ring (bicyclic) bond motifs is 1. The minimum Gasteiger partial charge on any atom is -0.404 e. The molecule has 1 aromatic heterocycles. The monoisotopic (exact) mass is 655 g/mol. The Kier molecular flexibility index (Phi) is 10.9. The van der Waals surface area contributed by atoms with E-state index in [1.165, 1.54) is 0 Å². The molecule has 0 saturated heterocycles. The third-order valence-corrected chi connectivity index (χ3v) is 13.7. The number of hydrogen-bond donors (Lipinski definition) is 1. The summed E-state index contributed by atoms with van der Waals surface area (Å²) in [6, 6.07) is 35.7. The van der Waals surface area contributed by atoms with E-state index in [4.69, 9.17) is 21.0 Å². The third kappa shape index (κ3) is 7.66. The summed E-state index contributed by atoms with van der Waals surface area (Å²) in [6.07, 6.45) is -0.640. The molecular weight excluding hydrogens is 613 g/mol. The van der Waals surface area contributed by atoms with E-state index in [0.29, 0.717) is 41.3 Å². The van der Waals surface area contributed by atoms with Crippen LogP contribution in [0.3, 0.4) is 0 Å². The van der Waals surface area contributed by atoms with Crippen LogP contribution in [0, 0.1) is 5.92 Å². The van der Waals surface area contributed by atoms with Gasteiger partial charge in [-0.15, -0.1) is 0 Å². The Bertz CT molecular complexity index is 1740. The fourth-order valence-corrected chi connectivity index (χ4v) is 11.0. The fourth-order valence-electron chi connectivity index (χ4n) is 6.23. The second-order valence-corrected chi connectivity index (χ2v) is 17.8. The van der Waals surface area contributed by atoms with E-state index in [1.807, 2.05) is 66.7 Å². The zero-order valence-corrected chi connectivity index (χ0v) is 28.8. The van der Waals surface area contributed by atoms with Gasteiger partial charge in [-0.25, -0.2) is 9.37 Å². The van der Waals surface area contributed by atoms with E-state index >= 15 is 4.39 Å². The van der Waals surface area contributed by atoms with Crippen molar-refractivity contribution in [2.45, 2.75) is 51.9 Å². The van der Waals surface area contributed by atoms with Crippen LogP contribution in [0.2, 0.25) is 10.1 Å². The number of hydrogen-bond acceptors (Lipinski definition) is 4. The first-order valence-electron chi connectivity index (χ1n) is 15.9. The van der Waals surface area contributed by atoms with Gasteiger partial charge in [0, 0.05) is 18.0 Å². The van der Waals surface area contributed by atoms with Gasteiger partial charge in [0.25, 0.3) is 13.9 Å².